The van der Waals surface area contributed by atoms with Crippen molar-refractivity contribution in [1.82, 2.24) is 0 Å². The lowest BCUT2D eigenvalue weighted by atomic mass is 10.1. The normalized spacial score (nSPS) is 19.8. The summed E-state index contributed by atoms with van der Waals surface area (Å²) in [5.74, 6) is 1.44. The molecule has 0 saturated heterocycles. The number of rotatable bonds is 5. The van der Waals surface area contributed by atoms with E-state index in [-0.39, 0.29) is 6.04 Å². The molecule has 0 unspecified atom stereocenters. The molecule has 0 bridgehead atoms. The summed E-state index contributed by atoms with van der Waals surface area (Å²) in [7, 11) is 0. The summed E-state index contributed by atoms with van der Waals surface area (Å²) >= 11 is 0. The Morgan fingerprint density at radius 2 is 2.12 bits per heavy atom. The molecule has 16 heavy (non-hydrogen) atoms. The lowest BCUT2D eigenvalue weighted by Gasteiger charge is -2.20. The first-order valence-electron chi connectivity index (χ1n) is 5.79. The van der Waals surface area contributed by atoms with Crippen LogP contribution in [0.2, 0.25) is 0 Å². The average molecular weight is 224 g/mol. The topological polar surface area (TPSA) is 43.2 Å². The second-order valence-electron chi connectivity index (χ2n) is 3.43. The van der Waals surface area contributed by atoms with Crippen molar-refractivity contribution in [1.29, 1.82) is 0 Å². The third-order valence-electron chi connectivity index (χ3n) is 2.20. The molecule has 0 aromatic carbocycles. The Balaban J connectivity index is 2.62. The van der Waals surface area contributed by atoms with Crippen molar-refractivity contribution in [2.45, 2.75) is 32.7 Å². The van der Waals surface area contributed by atoms with Crippen LogP contribution in [0.1, 0.15) is 26.7 Å². The molecule has 0 aliphatic carbocycles. The van der Waals surface area contributed by atoms with Crippen LogP contribution in [0, 0.1) is 0 Å². The molecule has 0 N–H and O–H groups in total. The van der Waals surface area contributed by atoms with Gasteiger partial charge in [-0.3, -0.25) is 0 Å². The van der Waals surface area contributed by atoms with E-state index in [9.17, 15) is 0 Å². The first-order valence-corrected chi connectivity index (χ1v) is 5.79. The number of hydrogen-bond acceptors (Lipinski definition) is 4. The molecule has 90 valence electrons. The Labute approximate surface area is 97.1 Å². The molecule has 0 spiro atoms. The first-order chi connectivity index (χ1) is 7.81. The van der Waals surface area contributed by atoms with Gasteiger partial charge in [-0.15, -0.1) is 6.58 Å². The Morgan fingerprint density at radius 3 is 2.75 bits per heavy atom. The summed E-state index contributed by atoms with van der Waals surface area (Å²) in [4.78, 5) is 8.86. The molecule has 1 atom stereocenters. The molecule has 4 heteroatoms. The van der Waals surface area contributed by atoms with E-state index in [2.05, 4.69) is 16.6 Å². The summed E-state index contributed by atoms with van der Waals surface area (Å²) in [6.45, 7) is 9.36. The van der Waals surface area contributed by atoms with Crippen LogP contribution in [-0.4, -0.2) is 37.6 Å². The van der Waals surface area contributed by atoms with Crippen molar-refractivity contribution in [2.24, 2.45) is 9.98 Å². The maximum atomic E-state index is 5.47. The molecule has 4 nitrogen and oxygen atoms in total. The minimum Gasteiger partial charge on any atom is -0.480 e. The third kappa shape index (κ3) is 3.68. The van der Waals surface area contributed by atoms with E-state index in [1.165, 1.54) is 0 Å². The molecule has 0 amide bonds. The minimum atomic E-state index is -0.00625. The molecule has 1 rings (SSSR count). The van der Waals surface area contributed by atoms with Gasteiger partial charge in [0.1, 0.15) is 12.6 Å². The van der Waals surface area contributed by atoms with Gasteiger partial charge in [0, 0.05) is 0 Å². The zero-order chi connectivity index (χ0) is 11.8. The van der Waals surface area contributed by atoms with Crippen molar-refractivity contribution in [3.05, 3.63) is 12.7 Å². The Hall–Kier alpha value is -1.32. The minimum absolute atomic E-state index is 0.00625. The smallest absolute Gasteiger partial charge is 0.209 e. The summed E-state index contributed by atoms with van der Waals surface area (Å²) in [6.07, 6.45) is 3.66. The van der Waals surface area contributed by atoms with Crippen LogP contribution in [0.4, 0.5) is 0 Å². The highest BCUT2D eigenvalue weighted by Crippen LogP contribution is 2.12. The van der Waals surface area contributed by atoms with Crippen LogP contribution in [-0.2, 0) is 9.47 Å². The van der Waals surface area contributed by atoms with Gasteiger partial charge in [-0.2, -0.15) is 0 Å². The summed E-state index contributed by atoms with van der Waals surface area (Å²) in [6, 6.07) is -0.00625. The molecular formula is C12H20N2O2. The second-order valence-corrected chi connectivity index (χ2v) is 3.43. The number of hydrogen-bond donors (Lipinski definition) is 0. The lowest BCUT2D eigenvalue weighted by Crippen LogP contribution is -2.30. The van der Waals surface area contributed by atoms with Gasteiger partial charge in [-0.05, 0) is 26.7 Å². The highest BCUT2D eigenvalue weighted by molar-refractivity contribution is 5.91. The SMILES string of the molecule is C=CCC[C@H]1N=C(OCC)CN=C1OCC. The Morgan fingerprint density at radius 1 is 1.38 bits per heavy atom. The maximum absolute atomic E-state index is 5.47. The Bertz CT molecular complexity index is 285. The van der Waals surface area contributed by atoms with E-state index in [1.54, 1.807) is 0 Å². The van der Waals surface area contributed by atoms with E-state index in [0.717, 1.165) is 18.7 Å². The van der Waals surface area contributed by atoms with Gasteiger partial charge in [-0.1, -0.05) is 6.08 Å². The fraction of sp³-hybridized carbons (Fsp3) is 0.667. The van der Waals surface area contributed by atoms with Gasteiger partial charge in [0.05, 0.1) is 13.2 Å². The molecule has 0 aromatic rings. The first kappa shape index (κ1) is 12.7. The van der Waals surface area contributed by atoms with Gasteiger partial charge < -0.3 is 9.47 Å². The van der Waals surface area contributed by atoms with E-state index in [0.29, 0.717) is 25.7 Å². The largest absolute Gasteiger partial charge is 0.480 e. The van der Waals surface area contributed by atoms with E-state index >= 15 is 0 Å². The van der Waals surface area contributed by atoms with Gasteiger partial charge in [0.15, 0.2) is 0 Å². The fourth-order valence-corrected chi connectivity index (χ4v) is 1.52. The second kappa shape index (κ2) is 7.04. The predicted octanol–water partition coefficient (Wildman–Crippen LogP) is 2.20. The molecule has 0 fully saturated rings. The Kier molecular flexibility index (Phi) is 5.61. The fourth-order valence-electron chi connectivity index (χ4n) is 1.52. The van der Waals surface area contributed by atoms with Crippen LogP contribution in [0.5, 0.6) is 0 Å². The number of ether oxygens (including phenoxy) is 2. The van der Waals surface area contributed by atoms with Crippen molar-refractivity contribution in [3.63, 3.8) is 0 Å². The van der Waals surface area contributed by atoms with Gasteiger partial charge in [0.25, 0.3) is 0 Å². The number of nitrogens with zero attached hydrogens (tertiary/aromatic N) is 2. The third-order valence-corrected chi connectivity index (χ3v) is 2.20. The van der Waals surface area contributed by atoms with Crippen LogP contribution in [0.15, 0.2) is 22.6 Å². The van der Waals surface area contributed by atoms with Crippen LogP contribution >= 0.6 is 0 Å². The van der Waals surface area contributed by atoms with Crippen LogP contribution in [0.3, 0.4) is 0 Å². The zero-order valence-electron chi connectivity index (χ0n) is 10.1. The highest BCUT2D eigenvalue weighted by Gasteiger charge is 2.21. The standard InChI is InChI=1S/C12H20N2O2/c1-4-7-8-10-12(16-6-3)13-9-11(14-10)15-5-2/h4,10H,1,5-9H2,2-3H3/t10-/m1/s1. The maximum Gasteiger partial charge on any atom is 0.209 e. The van der Waals surface area contributed by atoms with Crippen molar-refractivity contribution >= 4 is 11.8 Å². The quantitative estimate of drug-likeness (QED) is 0.672. The number of aliphatic imine (C=N–C) groups is 2. The summed E-state index contributed by atoms with van der Waals surface area (Å²) < 4.78 is 10.9. The van der Waals surface area contributed by atoms with Crippen LogP contribution in [0.25, 0.3) is 0 Å². The van der Waals surface area contributed by atoms with Gasteiger partial charge in [-0.25, -0.2) is 9.98 Å². The average Bonchev–Trinajstić information content (AvgIpc) is 2.30. The van der Waals surface area contributed by atoms with E-state index < -0.39 is 0 Å². The van der Waals surface area contributed by atoms with E-state index in [4.69, 9.17) is 9.47 Å². The molecule has 0 aromatic heterocycles. The monoisotopic (exact) mass is 224 g/mol. The predicted molar refractivity (Wildman–Crippen MR) is 66.2 cm³/mol. The van der Waals surface area contributed by atoms with E-state index in [1.807, 2.05) is 19.9 Å². The zero-order valence-corrected chi connectivity index (χ0v) is 10.1. The summed E-state index contributed by atoms with van der Waals surface area (Å²) in [5.41, 5.74) is 0. The highest BCUT2D eigenvalue weighted by atomic mass is 16.5. The molecule has 0 radical (unpaired) electrons. The van der Waals surface area contributed by atoms with Crippen molar-refractivity contribution in [2.75, 3.05) is 19.8 Å². The van der Waals surface area contributed by atoms with Crippen molar-refractivity contribution < 1.29 is 9.47 Å². The molecule has 1 aliphatic rings. The van der Waals surface area contributed by atoms with Crippen molar-refractivity contribution in [3.8, 4) is 0 Å². The molecular weight excluding hydrogens is 204 g/mol. The van der Waals surface area contributed by atoms with Gasteiger partial charge >= 0.3 is 0 Å². The molecule has 0 saturated carbocycles. The van der Waals surface area contributed by atoms with Gasteiger partial charge in [0.2, 0.25) is 11.8 Å². The summed E-state index contributed by atoms with van der Waals surface area (Å²) in [5, 5.41) is 0. The van der Waals surface area contributed by atoms with Crippen LogP contribution < -0.4 is 0 Å². The number of allylic oxidation sites excluding steroid dienone is 1. The molecule has 1 aliphatic heterocycles. The molecule has 1 heterocycles. The lowest BCUT2D eigenvalue weighted by molar-refractivity contribution is 0.292.